The Labute approximate surface area is 232 Å². The molecule has 0 unspecified atom stereocenters. The predicted octanol–water partition coefficient (Wildman–Crippen LogP) is 5.90. The first-order chi connectivity index (χ1) is 18.4. The maximum absolute atomic E-state index is 12.0. The van der Waals surface area contributed by atoms with Crippen LogP contribution in [0, 0.1) is 13.8 Å². The minimum Gasteiger partial charge on any atom is -0.375 e. The maximum Gasteiger partial charge on any atom is 0.250 e. The molecule has 0 aliphatic carbocycles. The molecule has 2 aromatic heterocycles. The average Bonchev–Trinajstić information content (AvgIpc) is 3.41. The molecule has 4 aromatic rings. The zero-order chi connectivity index (χ0) is 26.8. The molecule has 0 radical (unpaired) electrons. The van der Waals surface area contributed by atoms with Crippen LogP contribution in [0.4, 0.5) is 11.4 Å². The zero-order valence-electron chi connectivity index (χ0n) is 21.3. The molecule has 5 rings (SSSR count). The van der Waals surface area contributed by atoms with Crippen molar-refractivity contribution in [3.8, 4) is 5.69 Å². The van der Waals surface area contributed by atoms with Gasteiger partial charge in [0.15, 0.2) is 5.11 Å². The van der Waals surface area contributed by atoms with Crippen LogP contribution in [0.3, 0.4) is 0 Å². The second kappa shape index (κ2) is 10.9. The first-order valence-electron chi connectivity index (χ1n) is 12.2. The number of rotatable bonds is 7. The van der Waals surface area contributed by atoms with Crippen LogP contribution in [0.25, 0.3) is 5.69 Å². The number of methoxy groups -OCH3 is 1. The summed E-state index contributed by atoms with van der Waals surface area (Å²) < 4.78 is 7.14. The molecule has 7 nitrogen and oxygen atoms in total. The van der Waals surface area contributed by atoms with Gasteiger partial charge < -0.3 is 24.8 Å². The normalized spacial score (nSPS) is 16.9. The van der Waals surface area contributed by atoms with Gasteiger partial charge in [0.1, 0.15) is 6.61 Å². The Morgan fingerprint density at radius 2 is 1.79 bits per heavy atom. The van der Waals surface area contributed by atoms with Gasteiger partial charge in [-0.05, 0) is 98.4 Å². The van der Waals surface area contributed by atoms with E-state index in [9.17, 15) is 4.79 Å². The Morgan fingerprint density at radius 1 is 1.08 bits per heavy atom. The summed E-state index contributed by atoms with van der Waals surface area (Å²) >= 11 is 12.0. The summed E-state index contributed by atoms with van der Waals surface area (Å²) in [5, 5.41) is 7.66. The summed E-state index contributed by atoms with van der Waals surface area (Å²) in [7, 11) is 1.49. The number of hydrogen-bond donors (Lipinski definition) is 2. The standard InChI is InChI=1S/C29H28ClN5O2S/c1-18-16-24(19(2)34(18)22-11-7-20(30)8-12-22)28-27(25-6-4-5-15-31-25)33-29(38)35(28)23-13-9-21(10-14-23)32-26(36)17-37-3/h4-16,27-28H,17H2,1-3H3,(H,32,36)(H,33,38)/t27-,28-/m0/s1. The summed E-state index contributed by atoms with van der Waals surface area (Å²) in [6, 6.07) is 23.3. The van der Waals surface area contributed by atoms with E-state index in [1.807, 2.05) is 66.7 Å². The van der Waals surface area contributed by atoms with E-state index in [1.54, 1.807) is 6.20 Å². The van der Waals surface area contributed by atoms with Gasteiger partial charge in [0.05, 0.1) is 17.8 Å². The number of halogens is 1. The van der Waals surface area contributed by atoms with E-state index in [-0.39, 0.29) is 24.6 Å². The number of amides is 1. The Morgan fingerprint density at radius 3 is 2.45 bits per heavy atom. The molecule has 194 valence electrons. The summed E-state index contributed by atoms with van der Waals surface area (Å²) in [6.07, 6.45) is 1.80. The molecule has 2 atom stereocenters. The number of aryl methyl sites for hydroxylation is 1. The molecular weight excluding hydrogens is 518 g/mol. The lowest BCUT2D eigenvalue weighted by Crippen LogP contribution is -2.29. The van der Waals surface area contributed by atoms with Crippen LogP contribution in [-0.4, -0.2) is 34.3 Å². The van der Waals surface area contributed by atoms with Crippen molar-refractivity contribution in [2.24, 2.45) is 0 Å². The largest absolute Gasteiger partial charge is 0.375 e. The molecule has 2 aromatic carbocycles. The van der Waals surface area contributed by atoms with E-state index in [1.165, 1.54) is 7.11 Å². The summed E-state index contributed by atoms with van der Waals surface area (Å²) in [5.41, 5.74) is 6.89. The average molecular weight is 546 g/mol. The van der Waals surface area contributed by atoms with Crippen LogP contribution in [0.2, 0.25) is 5.02 Å². The number of pyridine rings is 1. The molecule has 38 heavy (non-hydrogen) atoms. The fourth-order valence-corrected chi connectivity index (χ4v) is 5.53. The van der Waals surface area contributed by atoms with Crippen molar-refractivity contribution in [2.75, 3.05) is 23.9 Å². The van der Waals surface area contributed by atoms with Crippen molar-refractivity contribution in [3.05, 3.63) is 107 Å². The quantitative estimate of drug-likeness (QED) is 0.282. The predicted molar refractivity (Wildman–Crippen MR) is 155 cm³/mol. The highest BCUT2D eigenvalue weighted by molar-refractivity contribution is 7.80. The Kier molecular flexibility index (Phi) is 7.46. The number of anilines is 2. The number of thiocarbonyl (C=S) groups is 1. The Balaban J connectivity index is 1.57. The molecule has 3 heterocycles. The highest BCUT2D eigenvalue weighted by atomic mass is 35.5. The number of ether oxygens (including phenoxy) is 1. The Bertz CT molecular complexity index is 1460. The topological polar surface area (TPSA) is 71.4 Å². The summed E-state index contributed by atoms with van der Waals surface area (Å²) in [6.45, 7) is 4.22. The highest BCUT2D eigenvalue weighted by Crippen LogP contribution is 2.44. The van der Waals surface area contributed by atoms with Crippen LogP contribution in [0.1, 0.15) is 34.7 Å². The van der Waals surface area contributed by atoms with Crippen molar-refractivity contribution in [3.63, 3.8) is 0 Å². The summed E-state index contributed by atoms with van der Waals surface area (Å²) in [4.78, 5) is 18.7. The molecule has 0 bridgehead atoms. The first-order valence-corrected chi connectivity index (χ1v) is 13.0. The van der Waals surface area contributed by atoms with Crippen LogP contribution in [0.5, 0.6) is 0 Å². The number of benzene rings is 2. The van der Waals surface area contributed by atoms with Crippen LogP contribution >= 0.6 is 23.8 Å². The first kappa shape index (κ1) is 25.9. The van der Waals surface area contributed by atoms with Gasteiger partial charge in [-0.1, -0.05) is 17.7 Å². The van der Waals surface area contributed by atoms with Gasteiger partial charge in [0, 0.05) is 46.8 Å². The molecule has 9 heteroatoms. The lowest BCUT2D eigenvalue weighted by Gasteiger charge is -2.28. The third-order valence-electron chi connectivity index (χ3n) is 6.68. The Hall–Kier alpha value is -3.72. The second-order valence-electron chi connectivity index (χ2n) is 9.16. The molecule has 1 fully saturated rings. The molecule has 0 spiro atoms. The lowest BCUT2D eigenvalue weighted by atomic mass is 9.96. The lowest BCUT2D eigenvalue weighted by molar-refractivity contribution is -0.119. The highest BCUT2D eigenvalue weighted by Gasteiger charge is 2.42. The molecule has 0 saturated carbocycles. The van der Waals surface area contributed by atoms with Crippen LogP contribution in [-0.2, 0) is 9.53 Å². The van der Waals surface area contributed by atoms with E-state index in [0.717, 1.165) is 34.0 Å². The van der Waals surface area contributed by atoms with Crippen LogP contribution < -0.4 is 15.5 Å². The van der Waals surface area contributed by atoms with E-state index in [4.69, 9.17) is 28.6 Å². The maximum atomic E-state index is 12.0. The molecule has 1 amide bonds. The fourth-order valence-electron chi connectivity index (χ4n) is 5.06. The van der Waals surface area contributed by atoms with Gasteiger partial charge in [-0.25, -0.2) is 0 Å². The molecule has 2 N–H and O–H groups in total. The number of carbonyl (C=O) groups is 1. The minimum absolute atomic E-state index is 0.00104. The summed E-state index contributed by atoms with van der Waals surface area (Å²) in [5.74, 6) is -0.207. The molecule has 1 saturated heterocycles. The van der Waals surface area contributed by atoms with E-state index >= 15 is 0 Å². The molecular formula is C29H28ClN5O2S. The van der Waals surface area contributed by atoms with Crippen molar-refractivity contribution in [1.29, 1.82) is 0 Å². The minimum atomic E-state index is -0.207. The third kappa shape index (κ3) is 5.03. The smallest absolute Gasteiger partial charge is 0.250 e. The van der Waals surface area contributed by atoms with Gasteiger partial charge in [-0.3, -0.25) is 9.78 Å². The number of hydrogen-bond acceptors (Lipinski definition) is 4. The number of aromatic nitrogens is 2. The fraction of sp³-hybridized carbons (Fsp3) is 0.207. The van der Waals surface area contributed by atoms with Gasteiger partial charge in [0.25, 0.3) is 0 Å². The van der Waals surface area contributed by atoms with Gasteiger partial charge in [-0.15, -0.1) is 0 Å². The third-order valence-corrected chi connectivity index (χ3v) is 7.24. The van der Waals surface area contributed by atoms with Crippen molar-refractivity contribution >= 4 is 46.2 Å². The number of nitrogens with zero attached hydrogens (tertiary/aromatic N) is 3. The molecule has 1 aliphatic heterocycles. The zero-order valence-corrected chi connectivity index (χ0v) is 22.9. The van der Waals surface area contributed by atoms with E-state index < -0.39 is 0 Å². The van der Waals surface area contributed by atoms with Gasteiger partial charge >= 0.3 is 0 Å². The monoisotopic (exact) mass is 545 g/mol. The van der Waals surface area contributed by atoms with E-state index in [0.29, 0.717) is 15.8 Å². The second-order valence-corrected chi connectivity index (χ2v) is 9.99. The number of carbonyl (C=O) groups excluding carboxylic acids is 1. The van der Waals surface area contributed by atoms with Gasteiger partial charge in [0.2, 0.25) is 5.91 Å². The number of nitrogens with one attached hydrogen (secondary N) is 2. The van der Waals surface area contributed by atoms with Gasteiger partial charge in [-0.2, -0.15) is 0 Å². The SMILES string of the molecule is COCC(=O)Nc1ccc(N2C(=S)N[C@@H](c3ccccn3)[C@@H]2c2cc(C)n(-c3ccc(Cl)cc3)c2C)cc1. The molecule has 1 aliphatic rings. The van der Waals surface area contributed by atoms with Crippen molar-refractivity contribution < 1.29 is 9.53 Å². The van der Waals surface area contributed by atoms with Crippen LogP contribution in [0.15, 0.2) is 79.0 Å². The van der Waals surface area contributed by atoms with Crippen molar-refractivity contribution in [1.82, 2.24) is 14.9 Å². The van der Waals surface area contributed by atoms with Crippen molar-refractivity contribution in [2.45, 2.75) is 25.9 Å². The van der Waals surface area contributed by atoms with E-state index in [2.05, 4.69) is 45.0 Å².